The number of hydrogen-bond acceptors (Lipinski definition) is 4. The van der Waals surface area contributed by atoms with Crippen molar-refractivity contribution in [1.82, 2.24) is 29.5 Å². The van der Waals surface area contributed by atoms with E-state index < -0.39 is 17.9 Å². The highest BCUT2D eigenvalue weighted by atomic mass is 19.4. The van der Waals surface area contributed by atoms with Crippen molar-refractivity contribution in [3.63, 3.8) is 0 Å². The zero-order valence-electron chi connectivity index (χ0n) is 17.8. The molecule has 32 heavy (non-hydrogen) atoms. The smallest absolute Gasteiger partial charge is 0.199 e. The number of alkyl halides is 3. The molecule has 0 amide bonds. The summed E-state index contributed by atoms with van der Waals surface area (Å²) in [6, 6.07) is 7.58. The standard InChI is InChI=1S/C21H19F3N8/c1-12-9-16-15-10-13(19(2,3)4)6-8-29(15)21(31(16)27-12)30-11-25-7-5-14(30)17-26-18(20(22,23)24)28-32(17)21/h5-11H,1-4H3/q+2. The number of aryl methyl sites for hydroxylation is 1. The van der Waals surface area contributed by atoms with E-state index in [0.717, 1.165) is 22.6 Å². The molecule has 162 valence electrons. The average Bonchev–Trinajstić information content (AvgIpc) is 3.42. The molecular formula is C21H19F3N8+2. The van der Waals surface area contributed by atoms with Crippen LogP contribution in [0.25, 0.3) is 22.9 Å². The maximum atomic E-state index is 13.6. The van der Waals surface area contributed by atoms with Crippen LogP contribution in [-0.2, 0) is 17.5 Å². The van der Waals surface area contributed by atoms with E-state index in [9.17, 15) is 13.2 Å². The summed E-state index contributed by atoms with van der Waals surface area (Å²) in [5, 5.41) is 8.62. The zero-order chi connectivity index (χ0) is 22.6. The predicted octanol–water partition coefficient (Wildman–Crippen LogP) is 2.24. The van der Waals surface area contributed by atoms with Gasteiger partial charge in [-0.15, -0.1) is 23.6 Å². The van der Waals surface area contributed by atoms with Crippen LogP contribution in [0, 0.1) is 6.92 Å². The van der Waals surface area contributed by atoms with Gasteiger partial charge in [-0.3, -0.25) is 0 Å². The van der Waals surface area contributed by atoms with Gasteiger partial charge in [0, 0.05) is 18.2 Å². The summed E-state index contributed by atoms with van der Waals surface area (Å²) in [7, 11) is 0. The van der Waals surface area contributed by atoms with Crippen molar-refractivity contribution in [3.05, 3.63) is 60.1 Å². The molecule has 1 atom stereocenters. The molecule has 0 radical (unpaired) electrons. The Labute approximate surface area is 180 Å². The van der Waals surface area contributed by atoms with Crippen LogP contribution in [0.5, 0.6) is 0 Å². The minimum Gasteiger partial charge on any atom is -0.199 e. The van der Waals surface area contributed by atoms with Gasteiger partial charge >= 0.3 is 12.1 Å². The van der Waals surface area contributed by atoms with Gasteiger partial charge in [-0.2, -0.15) is 23.3 Å². The molecule has 6 rings (SSSR count). The molecule has 1 unspecified atom stereocenters. The number of fused-ring (bicyclic) bond motifs is 10. The van der Waals surface area contributed by atoms with Gasteiger partial charge in [0.15, 0.2) is 11.9 Å². The summed E-state index contributed by atoms with van der Waals surface area (Å²) < 4.78 is 47.4. The Balaban J connectivity index is 1.76. The van der Waals surface area contributed by atoms with Crippen LogP contribution in [0.4, 0.5) is 13.2 Å². The molecule has 4 aromatic heterocycles. The third-order valence-corrected chi connectivity index (χ3v) is 5.98. The number of pyridine rings is 1. The molecule has 0 aliphatic carbocycles. The Morgan fingerprint density at radius 3 is 2.47 bits per heavy atom. The maximum Gasteiger partial charge on any atom is 0.527 e. The minimum absolute atomic E-state index is 0.0964. The third kappa shape index (κ3) is 2.17. The first kappa shape index (κ1) is 19.1. The quantitative estimate of drug-likeness (QED) is 0.340. The molecule has 0 saturated carbocycles. The SMILES string of the molecule is Cc1cc2n(n1)C1(n3nc(C(F)(F)F)nc3-c3ccnc[n+]31)[n+]1ccc(C(C)(C)C)cc1-2. The first-order valence-corrected chi connectivity index (χ1v) is 10.1. The Bertz CT molecular complexity index is 1430. The fraction of sp³-hybridized carbons (Fsp3) is 0.333. The fourth-order valence-electron chi connectivity index (χ4n) is 4.54. The lowest BCUT2D eigenvalue weighted by Gasteiger charge is -2.20. The number of halogens is 3. The Kier molecular flexibility index (Phi) is 3.33. The zero-order valence-corrected chi connectivity index (χ0v) is 17.8. The van der Waals surface area contributed by atoms with Crippen molar-refractivity contribution in [2.75, 3.05) is 0 Å². The van der Waals surface area contributed by atoms with E-state index in [2.05, 4.69) is 47.0 Å². The highest BCUT2D eigenvalue weighted by Gasteiger charge is 2.67. The summed E-state index contributed by atoms with van der Waals surface area (Å²) in [4.78, 5) is 8.09. The van der Waals surface area contributed by atoms with E-state index in [1.165, 1.54) is 10.9 Å². The second kappa shape index (κ2) is 5.59. The monoisotopic (exact) mass is 440 g/mol. The van der Waals surface area contributed by atoms with Crippen molar-refractivity contribution < 1.29 is 22.3 Å². The van der Waals surface area contributed by atoms with Gasteiger partial charge in [0.25, 0.3) is 12.2 Å². The van der Waals surface area contributed by atoms with E-state index >= 15 is 0 Å². The van der Waals surface area contributed by atoms with Crippen LogP contribution in [-0.4, -0.2) is 29.5 Å². The molecule has 2 aliphatic rings. The van der Waals surface area contributed by atoms with Crippen LogP contribution in [0.1, 0.15) is 37.9 Å². The van der Waals surface area contributed by atoms with E-state index in [4.69, 9.17) is 0 Å². The van der Waals surface area contributed by atoms with Gasteiger partial charge in [-0.05, 0) is 24.0 Å². The molecular weight excluding hydrogens is 421 g/mol. The van der Waals surface area contributed by atoms with E-state index in [0.29, 0.717) is 5.69 Å². The molecule has 11 heteroatoms. The van der Waals surface area contributed by atoms with Gasteiger partial charge in [-0.25, -0.2) is 0 Å². The van der Waals surface area contributed by atoms with Crippen molar-refractivity contribution in [1.29, 1.82) is 0 Å². The van der Waals surface area contributed by atoms with Gasteiger partial charge in [-0.1, -0.05) is 25.8 Å². The number of rotatable bonds is 0. The van der Waals surface area contributed by atoms with E-state index in [1.54, 1.807) is 21.6 Å². The number of hydrogen-bond donors (Lipinski definition) is 0. The molecule has 0 fully saturated rings. The van der Waals surface area contributed by atoms with E-state index in [-0.39, 0.29) is 11.2 Å². The predicted molar refractivity (Wildman–Crippen MR) is 104 cm³/mol. The molecule has 4 aromatic rings. The molecule has 0 bridgehead atoms. The molecule has 0 N–H and O–H groups in total. The molecule has 6 heterocycles. The van der Waals surface area contributed by atoms with Crippen LogP contribution < -0.4 is 9.13 Å². The highest BCUT2D eigenvalue weighted by molar-refractivity contribution is 5.57. The first-order chi connectivity index (χ1) is 15.0. The lowest BCUT2D eigenvalue weighted by Crippen LogP contribution is -2.77. The largest absolute Gasteiger partial charge is 0.527 e. The lowest BCUT2D eigenvalue weighted by atomic mass is 9.87. The van der Waals surface area contributed by atoms with Gasteiger partial charge in [0.2, 0.25) is 11.5 Å². The normalized spacial score (nSPS) is 18.6. The summed E-state index contributed by atoms with van der Waals surface area (Å²) in [6.07, 6.45) is 0.282. The summed E-state index contributed by atoms with van der Waals surface area (Å²) in [6.45, 7) is 8.19. The van der Waals surface area contributed by atoms with Crippen molar-refractivity contribution in [2.24, 2.45) is 0 Å². The van der Waals surface area contributed by atoms with E-state index in [1.807, 2.05) is 29.8 Å². The lowest BCUT2D eigenvalue weighted by molar-refractivity contribution is -0.991. The van der Waals surface area contributed by atoms with Crippen molar-refractivity contribution >= 4 is 0 Å². The van der Waals surface area contributed by atoms with Crippen LogP contribution >= 0.6 is 0 Å². The second-order valence-corrected chi connectivity index (χ2v) is 9.11. The Morgan fingerprint density at radius 1 is 0.969 bits per heavy atom. The highest BCUT2D eigenvalue weighted by Crippen LogP contribution is 2.39. The second-order valence-electron chi connectivity index (χ2n) is 9.11. The van der Waals surface area contributed by atoms with Crippen LogP contribution in [0.15, 0.2) is 43.0 Å². The molecule has 2 aliphatic heterocycles. The summed E-state index contributed by atoms with van der Waals surface area (Å²) in [5.74, 6) is -2.48. The maximum absolute atomic E-state index is 13.6. The van der Waals surface area contributed by atoms with Crippen LogP contribution in [0.3, 0.4) is 0 Å². The minimum atomic E-state index is -4.68. The van der Waals surface area contributed by atoms with Crippen LogP contribution in [0.2, 0.25) is 0 Å². The van der Waals surface area contributed by atoms with Gasteiger partial charge < -0.3 is 0 Å². The van der Waals surface area contributed by atoms with Gasteiger partial charge in [0.05, 0.1) is 5.69 Å². The van der Waals surface area contributed by atoms with Crippen molar-refractivity contribution in [2.45, 2.75) is 45.2 Å². The Hall–Kier alpha value is -3.63. The molecule has 8 nitrogen and oxygen atoms in total. The summed E-state index contributed by atoms with van der Waals surface area (Å²) >= 11 is 0. The average molecular weight is 440 g/mol. The number of nitrogens with zero attached hydrogens (tertiary/aromatic N) is 8. The fourth-order valence-corrected chi connectivity index (χ4v) is 4.54. The molecule has 0 saturated heterocycles. The topological polar surface area (TPSA) is 69.2 Å². The van der Waals surface area contributed by atoms with Gasteiger partial charge in [0.1, 0.15) is 11.9 Å². The molecule has 1 spiro atoms. The third-order valence-electron chi connectivity index (χ3n) is 5.98. The number of aromatic nitrogens is 8. The summed E-state index contributed by atoms with van der Waals surface area (Å²) in [5.41, 5.74) is 3.76. The Morgan fingerprint density at radius 2 is 1.75 bits per heavy atom. The first-order valence-electron chi connectivity index (χ1n) is 10.1. The van der Waals surface area contributed by atoms with Crippen molar-refractivity contribution in [3.8, 4) is 22.9 Å². The molecule has 0 aromatic carbocycles.